The van der Waals surface area contributed by atoms with Crippen molar-refractivity contribution < 1.29 is 14.4 Å². The molecule has 1 aliphatic heterocycles. The Kier molecular flexibility index (Phi) is 12.3. The first-order valence-electron chi connectivity index (χ1n) is 13.7. The van der Waals surface area contributed by atoms with Crippen LogP contribution in [0.5, 0.6) is 0 Å². The van der Waals surface area contributed by atoms with Crippen molar-refractivity contribution in [2.45, 2.75) is 64.7 Å². The number of hydrogen-bond donors (Lipinski definition) is 2. The van der Waals surface area contributed by atoms with Crippen molar-refractivity contribution in [3.05, 3.63) is 70.7 Å². The maximum absolute atomic E-state index is 13.0. The first-order valence-corrected chi connectivity index (χ1v) is 14.1. The summed E-state index contributed by atoms with van der Waals surface area (Å²) in [5.74, 6) is -0.713. The Hall–Kier alpha value is -3.19. The summed E-state index contributed by atoms with van der Waals surface area (Å²) >= 11 is 6.15. The number of nitrogens with zero attached hydrogens (tertiary/aromatic N) is 2. The lowest BCUT2D eigenvalue weighted by Gasteiger charge is -2.31. The van der Waals surface area contributed by atoms with Gasteiger partial charge in [0.15, 0.2) is 0 Å². The zero-order chi connectivity index (χ0) is 27.2. The van der Waals surface area contributed by atoms with E-state index in [2.05, 4.69) is 22.8 Å². The van der Waals surface area contributed by atoms with Crippen LogP contribution in [0, 0.1) is 5.92 Å². The Morgan fingerprint density at radius 2 is 1.68 bits per heavy atom. The molecule has 204 valence electrons. The number of likely N-dealkylation sites (tertiary alicyclic amines) is 1. The molecule has 1 atom stereocenters. The number of benzene rings is 2. The topological polar surface area (TPSA) is 90.9 Å². The van der Waals surface area contributed by atoms with Crippen molar-refractivity contribution in [3.8, 4) is 0 Å². The number of carbonyl (C=O) groups excluding carboxylic acids is 3. The van der Waals surface area contributed by atoms with Crippen LogP contribution in [-0.4, -0.2) is 48.0 Å². The van der Waals surface area contributed by atoms with E-state index in [-0.39, 0.29) is 30.2 Å². The predicted octanol–water partition coefficient (Wildman–Crippen LogP) is 5.58. The van der Waals surface area contributed by atoms with Crippen molar-refractivity contribution in [2.75, 3.05) is 19.6 Å². The van der Waals surface area contributed by atoms with Gasteiger partial charge in [-0.05, 0) is 37.0 Å². The van der Waals surface area contributed by atoms with Gasteiger partial charge in [0, 0.05) is 19.5 Å². The predicted molar refractivity (Wildman–Crippen MR) is 152 cm³/mol. The molecule has 0 aliphatic carbocycles. The molecule has 1 aliphatic rings. The normalized spacial score (nSPS) is 15.7. The Balaban J connectivity index is 1.56. The van der Waals surface area contributed by atoms with Crippen LogP contribution in [0.2, 0.25) is 5.02 Å². The van der Waals surface area contributed by atoms with E-state index < -0.39 is 0 Å². The molecular weight excluding hydrogens is 500 g/mol. The monoisotopic (exact) mass is 538 g/mol. The fourth-order valence-electron chi connectivity index (χ4n) is 4.59. The molecule has 2 aromatic carbocycles. The molecule has 1 fully saturated rings. The third-order valence-electron chi connectivity index (χ3n) is 6.83. The molecular formula is C30H39ClN4O3. The summed E-state index contributed by atoms with van der Waals surface area (Å²) in [5, 5.41) is 7.58. The number of halogens is 1. The lowest BCUT2D eigenvalue weighted by Crippen LogP contribution is -2.45. The fraction of sp³-hybridized carbons (Fsp3) is 0.467. The molecule has 1 heterocycles. The average molecular weight is 539 g/mol. The number of unbranched alkanes of at least 4 members (excludes halogenated alkanes) is 5. The molecule has 3 amide bonds. The third-order valence-corrected chi connectivity index (χ3v) is 7.16. The number of hydrogen-bond acceptors (Lipinski definition) is 4. The van der Waals surface area contributed by atoms with E-state index in [4.69, 9.17) is 11.6 Å². The van der Waals surface area contributed by atoms with Crippen LogP contribution >= 0.6 is 11.6 Å². The molecule has 2 N–H and O–H groups in total. The smallest absolute Gasteiger partial charge is 0.253 e. The molecule has 7 nitrogen and oxygen atoms in total. The molecule has 0 saturated carbocycles. The van der Waals surface area contributed by atoms with Crippen LogP contribution < -0.4 is 10.7 Å². The van der Waals surface area contributed by atoms with Gasteiger partial charge in [-0.1, -0.05) is 93.1 Å². The first-order chi connectivity index (χ1) is 18.5. The second-order valence-electron chi connectivity index (χ2n) is 9.76. The van der Waals surface area contributed by atoms with E-state index in [1.807, 2.05) is 35.2 Å². The lowest BCUT2D eigenvalue weighted by molar-refractivity contribution is -0.135. The number of carbonyl (C=O) groups is 3. The van der Waals surface area contributed by atoms with Gasteiger partial charge < -0.3 is 10.2 Å². The summed E-state index contributed by atoms with van der Waals surface area (Å²) in [5.41, 5.74) is 4.37. The van der Waals surface area contributed by atoms with E-state index in [9.17, 15) is 14.4 Å². The van der Waals surface area contributed by atoms with Crippen molar-refractivity contribution in [3.63, 3.8) is 0 Å². The second-order valence-corrected chi connectivity index (χ2v) is 10.2. The standard InChI is InChI=1S/C30H39ClN4O3/c1-2-3-4-5-6-10-19-28(36)35-20-13-16-24(22-35)29(37)34-33-27(23-14-8-7-9-15-23)21-32-30(38)25-17-11-12-18-26(25)31/h7-9,11-12,14-15,17-18,24H,2-6,10,13,16,19-22H2,1H3,(H,32,38)(H,34,37)/b33-27+/t24-/m1/s1. The highest BCUT2D eigenvalue weighted by Gasteiger charge is 2.28. The Bertz CT molecular complexity index is 1090. The van der Waals surface area contributed by atoms with Gasteiger partial charge in [-0.3, -0.25) is 14.4 Å². The van der Waals surface area contributed by atoms with Crippen LogP contribution in [0.4, 0.5) is 0 Å². The molecule has 0 bridgehead atoms. The Morgan fingerprint density at radius 3 is 2.45 bits per heavy atom. The number of piperidine rings is 1. The Morgan fingerprint density at radius 1 is 0.974 bits per heavy atom. The summed E-state index contributed by atoms with van der Waals surface area (Å²) in [4.78, 5) is 40.2. The van der Waals surface area contributed by atoms with Gasteiger partial charge >= 0.3 is 0 Å². The number of hydrazone groups is 1. The van der Waals surface area contributed by atoms with Crippen LogP contribution in [0.1, 0.15) is 80.6 Å². The molecule has 2 aromatic rings. The minimum atomic E-state index is -0.322. The molecule has 0 spiro atoms. The zero-order valence-electron chi connectivity index (χ0n) is 22.3. The molecule has 0 radical (unpaired) electrons. The molecule has 8 heteroatoms. The number of rotatable bonds is 13. The zero-order valence-corrected chi connectivity index (χ0v) is 23.0. The van der Waals surface area contributed by atoms with Gasteiger partial charge in [-0.25, -0.2) is 5.43 Å². The average Bonchev–Trinajstić information content (AvgIpc) is 2.95. The van der Waals surface area contributed by atoms with E-state index in [0.29, 0.717) is 42.2 Å². The van der Waals surface area contributed by atoms with Crippen LogP contribution in [-0.2, 0) is 9.59 Å². The van der Waals surface area contributed by atoms with Gasteiger partial charge in [0.05, 0.1) is 28.8 Å². The van der Waals surface area contributed by atoms with Crippen molar-refractivity contribution in [1.82, 2.24) is 15.6 Å². The SMILES string of the molecule is CCCCCCCCC(=O)N1CCC[C@@H](C(=O)N/N=C(\CNC(=O)c2ccccc2Cl)c2ccccc2)C1. The van der Waals surface area contributed by atoms with E-state index in [1.165, 1.54) is 25.7 Å². The Labute approximate surface area is 231 Å². The summed E-state index contributed by atoms with van der Waals surface area (Å²) in [6.07, 6.45) is 8.90. The highest BCUT2D eigenvalue weighted by Crippen LogP contribution is 2.19. The van der Waals surface area contributed by atoms with Gasteiger partial charge in [-0.2, -0.15) is 5.10 Å². The number of amides is 3. The van der Waals surface area contributed by atoms with Crippen molar-refractivity contribution in [1.29, 1.82) is 0 Å². The first kappa shape index (κ1) is 29.4. The molecule has 0 unspecified atom stereocenters. The van der Waals surface area contributed by atoms with E-state index in [1.54, 1.807) is 24.3 Å². The maximum atomic E-state index is 13.0. The van der Waals surface area contributed by atoms with Gasteiger partial charge in [0.1, 0.15) is 0 Å². The van der Waals surface area contributed by atoms with Crippen LogP contribution in [0.15, 0.2) is 59.7 Å². The lowest BCUT2D eigenvalue weighted by atomic mass is 9.97. The highest BCUT2D eigenvalue weighted by molar-refractivity contribution is 6.33. The summed E-state index contributed by atoms with van der Waals surface area (Å²) in [7, 11) is 0. The quantitative estimate of drug-likeness (QED) is 0.198. The number of nitrogens with one attached hydrogen (secondary N) is 2. The molecule has 0 aromatic heterocycles. The summed E-state index contributed by atoms with van der Waals surface area (Å²) in [6.45, 7) is 3.42. The molecule has 38 heavy (non-hydrogen) atoms. The molecule has 1 saturated heterocycles. The maximum Gasteiger partial charge on any atom is 0.253 e. The van der Waals surface area contributed by atoms with Gasteiger partial charge in [-0.15, -0.1) is 0 Å². The second kappa shape index (κ2) is 15.9. The minimum Gasteiger partial charge on any atom is -0.346 e. The highest BCUT2D eigenvalue weighted by atomic mass is 35.5. The van der Waals surface area contributed by atoms with Gasteiger partial charge in [0.2, 0.25) is 11.8 Å². The third kappa shape index (κ3) is 9.28. The fourth-order valence-corrected chi connectivity index (χ4v) is 4.81. The minimum absolute atomic E-state index is 0.113. The van der Waals surface area contributed by atoms with Gasteiger partial charge in [0.25, 0.3) is 5.91 Å². The van der Waals surface area contributed by atoms with E-state index in [0.717, 1.165) is 24.8 Å². The summed E-state index contributed by atoms with van der Waals surface area (Å²) < 4.78 is 0. The van der Waals surface area contributed by atoms with Crippen molar-refractivity contribution in [2.24, 2.45) is 11.0 Å². The van der Waals surface area contributed by atoms with Crippen molar-refractivity contribution >= 4 is 35.0 Å². The van der Waals surface area contributed by atoms with E-state index >= 15 is 0 Å². The summed E-state index contributed by atoms with van der Waals surface area (Å²) in [6, 6.07) is 16.2. The van der Waals surface area contributed by atoms with Crippen LogP contribution in [0.25, 0.3) is 0 Å². The molecule has 3 rings (SSSR count). The van der Waals surface area contributed by atoms with Crippen LogP contribution in [0.3, 0.4) is 0 Å². The largest absolute Gasteiger partial charge is 0.346 e.